The van der Waals surface area contributed by atoms with Crippen LogP contribution >= 0.6 is 0 Å². The number of amides is 3. The van der Waals surface area contributed by atoms with E-state index in [1.54, 1.807) is 42.6 Å². The number of methoxy groups -OCH3 is 1. The largest absolute Gasteiger partial charge is 0.468 e. The summed E-state index contributed by atoms with van der Waals surface area (Å²) in [6, 6.07) is 10.2. The third-order valence-electron chi connectivity index (χ3n) is 6.77. The zero-order chi connectivity index (χ0) is 27.0. The number of nitrogens with two attached hydrogens (primary N) is 1. The van der Waals surface area contributed by atoms with Gasteiger partial charge >= 0.3 is 5.97 Å². The van der Waals surface area contributed by atoms with Crippen LogP contribution in [-0.2, 0) is 35.1 Å². The molecule has 0 aliphatic carbocycles. The summed E-state index contributed by atoms with van der Waals surface area (Å²) in [5.74, 6) is -1.69. The molecular formula is C26H27N5O7. The van der Waals surface area contributed by atoms with Crippen molar-refractivity contribution < 1.29 is 33.8 Å². The van der Waals surface area contributed by atoms with Gasteiger partial charge in [-0.05, 0) is 42.3 Å². The van der Waals surface area contributed by atoms with Gasteiger partial charge in [0.2, 0.25) is 5.91 Å². The SMILES string of the molecule is COC(=O)CN1C(=O)CCc2ccc(N3CCO[C@H]([C@@H](O)C(=O)Nc4ccc5c(N)[nH]cc5c4)C3=O)cc21. The average Bonchev–Trinajstić information content (AvgIpc) is 3.29. The highest BCUT2D eigenvalue weighted by atomic mass is 16.5. The summed E-state index contributed by atoms with van der Waals surface area (Å²) in [5.41, 5.74) is 8.09. The fourth-order valence-corrected chi connectivity index (χ4v) is 4.74. The normalized spacial score (nSPS) is 18.3. The number of aliphatic hydroxyl groups is 1. The Labute approximate surface area is 217 Å². The van der Waals surface area contributed by atoms with E-state index in [2.05, 4.69) is 10.3 Å². The van der Waals surface area contributed by atoms with E-state index in [4.69, 9.17) is 15.2 Å². The molecule has 5 rings (SSSR count). The van der Waals surface area contributed by atoms with Gasteiger partial charge in [-0.15, -0.1) is 0 Å². The second kappa shape index (κ2) is 10.1. The lowest BCUT2D eigenvalue weighted by atomic mass is 9.99. The van der Waals surface area contributed by atoms with Crippen LogP contribution < -0.4 is 20.9 Å². The Morgan fingerprint density at radius 3 is 2.84 bits per heavy atom. The van der Waals surface area contributed by atoms with Gasteiger partial charge in [0.15, 0.2) is 12.2 Å². The van der Waals surface area contributed by atoms with Crippen LogP contribution in [0.5, 0.6) is 0 Å². The van der Waals surface area contributed by atoms with Gasteiger partial charge in [-0.25, -0.2) is 0 Å². The lowest BCUT2D eigenvalue weighted by Crippen LogP contribution is -2.55. The van der Waals surface area contributed by atoms with Crippen LogP contribution in [0.4, 0.5) is 22.9 Å². The van der Waals surface area contributed by atoms with E-state index in [1.165, 1.54) is 16.9 Å². The summed E-state index contributed by atoms with van der Waals surface area (Å²) in [7, 11) is 1.25. The number of aromatic nitrogens is 1. The monoisotopic (exact) mass is 521 g/mol. The lowest BCUT2D eigenvalue weighted by Gasteiger charge is -2.35. The summed E-state index contributed by atoms with van der Waals surface area (Å²) < 4.78 is 10.2. The first kappa shape index (κ1) is 25.2. The van der Waals surface area contributed by atoms with E-state index in [-0.39, 0.29) is 32.0 Å². The topological polar surface area (TPSA) is 167 Å². The quantitative estimate of drug-likeness (QED) is 0.348. The van der Waals surface area contributed by atoms with Crippen LogP contribution in [0.3, 0.4) is 0 Å². The molecule has 2 aromatic carbocycles. The van der Waals surface area contributed by atoms with Crippen LogP contribution in [0.15, 0.2) is 42.6 Å². The van der Waals surface area contributed by atoms with Crippen molar-refractivity contribution in [3.05, 3.63) is 48.2 Å². The third-order valence-corrected chi connectivity index (χ3v) is 6.77. The molecule has 0 saturated carbocycles. The molecule has 1 saturated heterocycles. The number of nitrogens with zero attached hydrogens (tertiary/aromatic N) is 2. The van der Waals surface area contributed by atoms with Crippen LogP contribution in [0.1, 0.15) is 12.0 Å². The van der Waals surface area contributed by atoms with E-state index >= 15 is 0 Å². The number of carbonyl (C=O) groups is 4. The number of ether oxygens (including phenoxy) is 2. The van der Waals surface area contributed by atoms with Crippen LogP contribution in [0, 0.1) is 0 Å². The smallest absolute Gasteiger partial charge is 0.325 e. The number of fused-ring (bicyclic) bond motifs is 2. The van der Waals surface area contributed by atoms with Gasteiger partial charge in [-0.1, -0.05) is 6.07 Å². The van der Waals surface area contributed by atoms with Gasteiger partial charge in [-0.2, -0.15) is 0 Å². The number of H-pyrrole nitrogens is 1. The number of carbonyl (C=O) groups excluding carboxylic acids is 4. The Bertz CT molecular complexity index is 1430. The first-order valence-corrected chi connectivity index (χ1v) is 12.1. The second-order valence-corrected chi connectivity index (χ2v) is 9.09. The fraction of sp³-hybridized carbons (Fsp3) is 0.308. The fourth-order valence-electron chi connectivity index (χ4n) is 4.74. The standard InChI is InChI=1S/C26H27N5O7/c1-37-21(33)13-31-19-11-17(5-2-14(19)3-7-20(31)32)30-8-9-38-23(26(30)36)22(34)25(35)29-16-4-6-18-15(10-16)12-28-24(18)27/h2,4-6,10-12,22-23,28,34H,3,7-9,13,27H2,1H3,(H,29,35)/t22-,23-/m1/s1. The van der Waals surface area contributed by atoms with Gasteiger partial charge in [0.25, 0.3) is 11.8 Å². The van der Waals surface area contributed by atoms with Crippen molar-refractivity contribution in [1.82, 2.24) is 4.98 Å². The van der Waals surface area contributed by atoms with Crippen molar-refractivity contribution in [2.75, 3.05) is 47.7 Å². The average molecular weight is 522 g/mol. The van der Waals surface area contributed by atoms with Crippen molar-refractivity contribution >= 4 is 57.3 Å². The molecule has 2 atom stereocenters. The number of morpholine rings is 1. The van der Waals surface area contributed by atoms with Crippen molar-refractivity contribution in [3.8, 4) is 0 Å². The molecule has 5 N–H and O–H groups in total. The van der Waals surface area contributed by atoms with Crippen molar-refractivity contribution in [2.24, 2.45) is 0 Å². The molecule has 1 fully saturated rings. The lowest BCUT2D eigenvalue weighted by molar-refractivity contribution is -0.150. The molecule has 12 nitrogen and oxygen atoms in total. The van der Waals surface area contributed by atoms with Crippen LogP contribution in [-0.4, -0.2) is 72.8 Å². The Morgan fingerprint density at radius 2 is 2.05 bits per heavy atom. The van der Waals surface area contributed by atoms with Crippen molar-refractivity contribution in [3.63, 3.8) is 0 Å². The summed E-state index contributed by atoms with van der Waals surface area (Å²) in [5, 5.41) is 14.9. The summed E-state index contributed by atoms with van der Waals surface area (Å²) in [4.78, 5) is 56.2. The zero-order valence-electron chi connectivity index (χ0n) is 20.6. The molecular weight excluding hydrogens is 494 g/mol. The molecule has 38 heavy (non-hydrogen) atoms. The van der Waals surface area contributed by atoms with Crippen LogP contribution in [0.2, 0.25) is 0 Å². The Balaban J connectivity index is 1.33. The highest BCUT2D eigenvalue weighted by molar-refractivity contribution is 6.06. The maximum absolute atomic E-state index is 13.3. The number of benzene rings is 2. The second-order valence-electron chi connectivity index (χ2n) is 9.09. The molecule has 3 heterocycles. The van der Waals surface area contributed by atoms with E-state index in [1.807, 2.05) is 0 Å². The number of hydrogen-bond donors (Lipinski definition) is 4. The van der Waals surface area contributed by atoms with Gasteiger partial charge in [0.05, 0.1) is 13.7 Å². The van der Waals surface area contributed by atoms with Gasteiger partial charge in [0.1, 0.15) is 12.4 Å². The molecule has 0 unspecified atom stereocenters. The summed E-state index contributed by atoms with van der Waals surface area (Å²) in [6.07, 6.45) is -0.744. The molecule has 2 aliphatic heterocycles. The number of anilines is 4. The predicted octanol–water partition coefficient (Wildman–Crippen LogP) is 0.934. The molecule has 12 heteroatoms. The van der Waals surface area contributed by atoms with Gasteiger partial charge in [0, 0.05) is 47.0 Å². The molecule has 0 bridgehead atoms. The first-order chi connectivity index (χ1) is 18.3. The molecule has 3 aromatic rings. The van der Waals surface area contributed by atoms with E-state index in [9.17, 15) is 24.3 Å². The Kier molecular flexibility index (Phi) is 6.74. The first-order valence-electron chi connectivity index (χ1n) is 12.1. The number of rotatable bonds is 6. The van der Waals surface area contributed by atoms with Crippen LogP contribution in [0.25, 0.3) is 10.8 Å². The number of aryl methyl sites for hydroxylation is 1. The molecule has 1 aromatic heterocycles. The number of nitrogens with one attached hydrogen (secondary N) is 2. The predicted molar refractivity (Wildman–Crippen MR) is 139 cm³/mol. The zero-order valence-corrected chi connectivity index (χ0v) is 20.6. The number of aromatic amines is 1. The van der Waals surface area contributed by atoms with Gasteiger partial charge in [-0.3, -0.25) is 19.2 Å². The minimum Gasteiger partial charge on any atom is -0.468 e. The maximum atomic E-state index is 13.3. The number of hydrogen-bond acceptors (Lipinski definition) is 8. The maximum Gasteiger partial charge on any atom is 0.325 e. The molecule has 2 aliphatic rings. The van der Waals surface area contributed by atoms with E-state index < -0.39 is 30.0 Å². The summed E-state index contributed by atoms with van der Waals surface area (Å²) in [6.45, 7) is 0.0156. The number of nitrogen functional groups attached to an aromatic ring is 1. The molecule has 3 amide bonds. The Hall–Kier alpha value is -4.42. The minimum atomic E-state index is -1.77. The Morgan fingerprint density at radius 1 is 1.24 bits per heavy atom. The minimum absolute atomic E-state index is 0.0806. The molecule has 198 valence electrons. The van der Waals surface area contributed by atoms with Crippen molar-refractivity contribution in [2.45, 2.75) is 25.0 Å². The summed E-state index contributed by atoms with van der Waals surface area (Å²) >= 11 is 0. The highest BCUT2D eigenvalue weighted by Crippen LogP contribution is 2.33. The van der Waals surface area contributed by atoms with Gasteiger partial charge < -0.3 is 40.4 Å². The van der Waals surface area contributed by atoms with E-state index in [0.29, 0.717) is 29.3 Å². The number of esters is 1. The van der Waals surface area contributed by atoms with Crippen molar-refractivity contribution in [1.29, 1.82) is 0 Å². The molecule has 0 radical (unpaired) electrons. The third kappa shape index (κ3) is 4.66. The van der Waals surface area contributed by atoms with E-state index in [0.717, 1.165) is 16.3 Å². The molecule has 0 spiro atoms. The highest BCUT2D eigenvalue weighted by Gasteiger charge is 2.40. The number of aliphatic hydroxyl groups excluding tert-OH is 1.